The molecule has 1 fully saturated rings. The third-order valence-corrected chi connectivity index (χ3v) is 4.50. The molecule has 0 atom stereocenters. The monoisotopic (exact) mass is 343 g/mol. The summed E-state index contributed by atoms with van der Waals surface area (Å²) in [6.07, 6.45) is 1.40. The molecule has 6 heteroatoms. The third kappa shape index (κ3) is 3.96. The van der Waals surface area contributed by atoms with E-state index in [0.29, 0.717) is 43.9 Å². The minimum atomic E-state index is -0.306. The van der Waals surface area contributed by atoms with Crippen LogP contribution >= 0.6 is 0 Å². The zero-order valence-corrected chi connectivity index (χ0v) is 14.5. The van der Waals surface area contributed by atoms with Crippen molar-refractivity contribution in [2.75, 3.05) is 33.3 Å². The van der Waals surface area contributed by atoms with E-state index >= 15 is 0 Å². The number of hydrogen-bond acceptors (Lipinski definition) is 4. The lowest BCUT2D eigenvalue weighted by molar-refractivity contribution is 0.0885. The Labute approximate surface area is 147 Å². The molecular formula is C19H22FN3O2. The predicted octanol–water partition coefficient (Wildman–Crippen LogP) is 3.08. The fraction of sp³-hybridized carbons (Fsp3) is 0.368. The van der Waals surface area contributed by atoms with E-state index in [1.165, 1.54) is 7.11 Å². The van der Waals surface area contributed by atoms with E-state index in [1.807, 2.05) is 31.2 Å². The van der Waals surface area contributed by atoms with Gasteiger partial charge in [-0.1, -0.05) is 24.3 Å². The number of carbonyl (C=O) groups is 1. The highest BCUT2D eigenvalue weighted by Gasteiger charge is 2.22. The van der Waals surface area contributed by atoms with E-state index in [0.717, 1.165) is 11.3 Å². The van der Waals surface area contributed by atoms with Gasteiger partial charge in [-0.05, 0) is 13.0 Å². The second-order valence-corrected chi connectivity index (χ2v) is 6.20. The van der Waals surface area contributed by atoms with Gasteiger partial charge in [-0.3, -0.25) is 9.88 Å². The van der Waals surface area contributed by atoms with Crippen molar-refractivity contribution in [3.8, 4) is 11.1 Å². The number of pyridine rings is 1. The number of aromatic nitrogens is 1. The Bertz CT molecular complexity index is 741. The zero-order valence-electron chi connectivity index (χ0n) is 14.5. The van der Waals surface area contributed by atoms with Gasteiger partial charge in [0.25, 0.3) is 0 Å². The fourth-order valence-electron chi connectivity index (χ4n) is 3.01. The number of carbonyl (C=O) groups excluding carboxylic acids is 1. The number of hydrogen-bond donors (Lipinski definition) is 0. The predicted molar refractivity (Wildman–Crippen MR) is 93.6 cm³/mol. The van der Waals surface area contributed by atoms with Gasteiger partial charge < -0.3 is 9.64 Å². The Morgan fingerprint density at radius 2 is 1.96 bits per heavy atom. The minimum Gasteiger partial charge on any atom is -0.453 e. The molecular weight excluding hydrogens is 321 g/mol. The van der Waals surface area contributed by atoms with Gasteiger partial charge >= 0.3 is 6.09 Å². The highest BCUT2D eigenvalue weighted by atomic mass is 19.1. The van der Waals surface area contributed by atoms with E-state index in [2.05, 4.69) is 9.88 Å². The third-order valence-electron chi connectivity index (χ3n) is 4.50. The summed E-state index contributed by atoms with van der Waals surface area (Å²) in [4.78, 5) is 19.6. The summed E-state index contributed by atoms with van der Waals surface area (Å²) in [5, 5.41) is 0. The summed E-state index contributed by atoms with van der Waals surface area (Å²) in [6, 6.07) is 9.24. The van der Waals surface area contributed by atoms with Gasteiger partial charge in [-0.25, -0.2) is 9.18 Å². The van der Waals surface area contributed by atoms with Crippen molar-refractivity contribution in [3.63, 3.8) is 0 Å². The van der Waals surface area contributed by atoms with Crippen LogP contribution in [0.4, 0.5) is 9.18 Å². The summed E-state index contributed by atoms with van der Waals surface area (Å²) < 4.78 is 19.7. The summed E-state index contributed by atoms with van der Waals surface area (Å²) in [5.41, 5.74) is 2.91. The average molecular weight is 343 g/mol. The molecule has 1 amide bonds. The van der Waals surface area contributed by atoms with Crippen LogP contribution in [-0.4, -0.2) is 54.2 Å². The Morgan fingerprint density at radius 3 is 2.60 bits per heavy atom. The van der Waals surface area contributed by atoms with Gasteiger partial charge in [0.1, 0.15) is 5.82 Å². The molecule has 0 aliphatic carbocycles. The average Bonchev–Trinajstić information content (AvgIpc) is 2.64. The lowest BCUT2D eigenvalue weighted by Crippen LogP contribution is -2.48. The quantitative estimate of drug-likeness (QED) is 0.859. The maximum Gasteiger partial charge on any atom is 0.409 e. The van der Waals surface area contributed by atoms with Crippen LogP contribution in [0.15, 0.2) is 36.5 Å². The number of nitrogens with zero attached hydrogens (tertiary/aromatic N) is 3. The number of rotatable bonds is 3. The first-order chi connectivity index (χ1) is 12.1. The number of benzene rings is 1. The van der Waals surface area contributed by atoms with Gasteiger partial charge in [0.15, 0.2) is 0 Å². The molecule has 0 radical (unpaired) electrons. The first-order valence-corrected chi connectivity index (χ1v) is 8.34. The highest BCUT2D eigenvalue weighted by molar-refractivity contribution is 5.67. The van der Waals surface area contributed by atoms with Crippen molar-refractivity contribution in [2.45, 2.75) is 13.5 Å². The standard InChI is InChI=1S/C19H22FN3O2/c1-14-6-7-15(12-21-14)17-5-3-4-16(18(17)20)13-22-8-10-23(11-9-22)19(24)25-2/h3-7,12H,8-11,13H2,1-2H3. The van der Waals surface area contributed by atoms with E-state index < -0.39 is 0 Å². The molecule has 1 aliphatic heterocycles. The molecule has 1 aliphatic rings. The van der Waals surface area contributed by atoms with Crippen LogP contribution in [0, 0.1) is 12.7 Å². The molecule has 1 saturated heterocycles. The van der Waals surface area contributed by atoms with Crippen molar-refractivity contribution in [1.29, 1.82) is 0 Å². The molecule has 25 heavy (non-hydrogen) atoms. The Kier molecular flexibility index (Phi) is 5.28. The fourth-order valence-corrected chi connectivity index (χ4v) is 3.01. The molecule has 5 nitrogen and oxygen atoms in total. The number of piperazine rings is 1. The number of methoxy groups -OCH3 is 1. The molecule has 0 saturated carbocycles. The molecule has 132 valence electrons. The molecule has 1 aromatic heterocycles. The smallest absolute Gasteiger partial charge is 0.409 e. The van der Waals surface area contributed by atoms with Crippen LogP contribution < -0.4 is 0 Å². The molecule has 3 rings (SSSR count). The normalized spacial score (nSPS) is 15.2. The maximum atomic E-state index is 14.9. The van der Waals surface area contributed by atoms with Crippen molar-refractivity contribution in [3.05, 3.63) is 53.6 Å². The number of halogens is 1. The molecule has 0 spiro atoms. The summed E-state index contributed by atoms with van der Waals surface area (Å²) in [6.45, 7) is 5.01. The highest BCUT2D eigenvalue weighted by Crippen LogP contribution is 2.25. The number of amides is 1. The van der Waals surface area contributed by atoms with Crippen molar-refractivity contribution >= 4 is 6.09 Å². The van der Waals surface area contributed by atoms with E-state index in [4.69, 9.17) is 4.74 Å². The second kappa shape index (κ2) is 7.61. The van der Waals surface area contributed by atoms with Crippen LogP contribution in [0.25, 0.3) is 11.1 Å². The summed E-state index contributed by atoms with van der Waals surface area (Å²) in [5.74, 6) is -0.205. The summed E-state index contributed by atoms with van der Waals surface area (Å²) >= 11 is 0. The molecule has 0 N–H and O–H groups in total. The molecule has 2 aromatic rings. The van der Waals surface area contributed by atoms with E-state index in [-0.39, 0.29) is 11.9 Å². The Hall–Kier alpha value is -2.47. The Morgan fingerprint density at radius 1 is 1.20 bits per heavy atom. The Balaban J connectivity index is 1.71. The van der Waals surface area contributed by atoms with Crippen molar-refractivity contribution < 1.29 is 13.9 Å². The van der Waals surface area contributed by atoms with Crippen LogP contribution in [0.5, 0.6) is 0 Å². The van der Waals surface area contributed by atoms with Crippen molar-refractivity contribution in [1.82, 2.24) is 14.8 Å². The van der Waals surface area contributed by atoms with Gasteiger partial charge in [0, 0.05) is 61.3 Å². The zero-order chi connectivity index (χ0) is 17.8. The second-order valence-electron chi connectivity index (χ2n) is 6.20. The van der Waals surface area contributed by atoms with Crippen LogP contribution in [0.2, 0.25) is 0 Å². The molecule has 0 bridgehead atoms. The SMILES string of the molecule is COC(=O)N1CCN(Cc2cccc(-c3ccc(C)nc3)c2F)CC1. The van der Waals surface area contributed by atoms with E-state index in [9.17, 15) is 9.18 Å². The van der Waals surface area contributed by atoms with Crippen LogP contribution in [0.3, 0.4) is 0 Å². The van der Waals surface area contributed by atoms with Gasteiger partial charge in [0.2, 0.25) is 0 Å². The van der Waals surface area contributed by atoms with Crippen molar-refractivity contribution in [2.24, 2.45) is 0 Å². The van der Waals surface area contributed by atoms with Gasteiger partial charge in [-0.15, -0.1) is 0 Å². The maximum absolute atomic E-state index is 14.9. The van der Waals surface area contributed by atoms with Crippen LogP contribution in [0.1, 0.15) is 11.3 Å². The largest absolute Gasteiger partial charge is 0.453 e. The van der Waals surface area contributed by atoms with Gasteiger partial charge in [0.05, 0.1) is 7.11 Å². The lowest BCUT2D eigenvalue weighted by Gasteiger charge is -2.33. The van der Waals surface area contributed by atoms with Gasteiger partial charge in [-0.2, -0.15) is 0 Å². The molecule has 0 unspecified atom stereocenters. The van der Waals surface area contributed by atoms with E-state index in [1.54, 1.807) is 17.2 Å². The number of aryl methyl sites for hydroxylation is 1. The summed E-state index contributed by atoms with van der Waals surface area (Å²) in [7, 11) is 1.38. The minimum absolute atomic E-state index is 0.205. The number of ether oxygens (including phenoxy) is 1. The molecule has 2 heterocycles. The lowest BCUT2D eigenvalue weighted by atomic mass is 10.0. The first kappa shape index (κ1) is 17.4. The first-order valence-electron chi connectivity index (χ1n) is 8.34. The topological polar surface area (TPSA) is 45.7 Å². The molecule has 1 aromatic carbocycles. The van der Waals surface area contributed by atoms with Crippen LogP contribution in [-0.2, 0) is 11.3 Å².